The van der Waals surface area contributed by atoms with Crippen molar-refractivity contribution in [3.05, 3.63) is 35.4 Å². The maximum absolute atomic E-state index is 9.52. The van der Waals surface area contributed by atoms with Gasteiger partial charge in [0.2, 0.25) is 0 Å². The van der Waals surface area contributed by atoms with E-state index in [0.717, 1.165) is 18.8 Å². The maximum Gasteiger partial charge on any atom is 0.0827 e. The van der Waals surface area contributed by atoms with Crippen molar-refractivity contribution in [1.82, 2.24) is 0 Å². The highest BCUT2D eigenvalue weighted by molar-refractivity contribution is 5.38. The van der Waals surface area contributed by atoms with Gasteiger partial charge in [-0.1, -0.05) is 52.0 Å². The highest BCUT2D eigenvalue weighted by atomic mass is 14.5. The average molecular weight is 241 g/mol. The van der Waals surface area contributed by atoms with Crippen LogP contribution in [0, 0.1) is 23.2 Å². The molecule has 2 rings (SSSR count). The zero-order valence-corrected chi connectivity index (χ0v) is 11.9. The molecule has 0 heterocycles. The van der Waals surface area contributed by atoms with Gasteiger partial charge in [0.05, 0.1) is 11.5 Å². The Morgan fingerprint density at radius 3 is 2.06 bits per heavy atom. The van der Waals surface area contributed by atoms with Gasteiger partial charge in [-0.3, -0.25) is 0 Å². The fraction of sp³-hybridized carbons (Fsp3) is 0.588. The zero-order valence-electron chi connectivity index (χ0n) is 11.9. The lowest BCUT2D eigenvalue weighted by molar-refractivity contribution is 0.145. The van der Waals surface area contributed by atoms with Crippen LogP contribution in [-0.4, -0.2) is 0 Å². The van der Waals surface area contributed by atoms with E-state index in [1.165, 1.54) is 11.1 Å². The van der Waals surface area contributed by atoms with E-state index in [9.17, 15) is 5.26 Å². The minimum Gasteiger partial charge on any atom is -0.197 e. The third-order valence-corrected chi connectivity index (χ3v) is 4.51. The minimum atomic E-state index is -0.204. The summed E-state index contributed by atoms with van der Waals surface area (Å²) >= 11 is 0. The van der Waals surface area contributed by atoms with Crippen LogP contribution in [-0.2, 0) is 5.41 Å². The first-order valence-electron chi connectivity index (χ1n) is 7.00. The van der Waals surface area contributed by atoms with Crippen LogP contribution < -0.4 is 0 Å². The van der Waals surface area contributed by atoms with Gasteiger partial charge >= 0.3 is 0 Å². The van der Waals surface area contributed by atoms with E-state index < -0.39 is 0 Å². The number of nitriles is 1. The molecule has 96 valence electrons. The molecule has 18 heavy (non-hydrogen) atoms. The average Bonchev–Trinajstić information content (AvgIpc) is 2.28. The number of rotatable bonds is 3. The third-order valence-electron chi connectivity index (χ3n) is 4.51. The summed E-state index contributed by atoms with van der Waals surface area (Å²) < 4.78 is 0. The molecule has 1 aliphatic carbocycles. The molecule has 0 N–H and O–H groups in total. The van der Waals surface area contributed by atoms with Crippen molar-refractivity contribution in [3.8, 4) is 6.07 Å². The Morgan fingerprint density at radius 1 is 1.11 bits per heavy atom. The van der Waals surface area contributed by atoms with Crippen molar-refractivity contribution in [2.24, 2.45) is 11.8 Å². The maximum atomic E-state index is 9.52. The number of hydrogen-bond acceptors (Lipinski definition) is 1. The predicted octanol–water partition coefficient (Wildman–Crippen LogP) is 4.64. The molecule has 0 unspecified atom stereocenters. The Bertz CT molecular complexity index is 441. The molecule has 0 saturated heterocycles. The third kappa shape index (κ3) is 2.17. The highest BCUT2D eigenvalue weighted by Gasteiger charge is 2.46. The van der Waals surface area contributed by atoms with Crippen molar-refractivity contribution in [2.45, 2.75) is 51.9 Å². The second-order valence-corrected chi connectivity index (χ2v) is 6.38. The van der Waals surface area contributed by atoms with Gasteiger partial charge in [-0.15, -0.1) is 0 Å². The van der Waals surface area contributed by atoms with Crippen LogP contribution in [0.15, 0.2) is 24.3 Å². The summed E-state index contributed by atoms with van der Waals surface area (Å²) in [6.45, 7) is 8.92. The topological polar surface area (TPSA) is 23.8 Å². The molecule has 0 radical (unpaired) electrons. The number of benzene rings is 1. The summed E-state index contributed by atoms with van der Waals surface area (Å²) in [6, 6.07) is 11.3. The second kappa shape index (κ2) is 4.76. The Hall–Kier alpha value is -1.29. The van der Waals surface area contributed by atoms with Crippen LogP contribution in [0.4, 0.5) is 0 Å². The molecule has 1 fully saturated rings. The second-order valence-electron chi connectivity index (χ2n) is 6.38. The van der Waals surface area contributed by atoms with E-state index in [1.807, 2.05) is 0 Å². The first kappa shape index (κ1) is 13.1. The van der Waals surface area contributed by atoms with Gasteiger partial charge in [0.15, 0.2) is 0 Å². The first-order valence-corrected chi connectivity index (χ1v) is 7.00. The molecule has 1 aromatic carbocycles. The lowest BCUT2D eigenvalue weighted by Gasteiger charge is -2.45. The van der Waals surface area contributed by atoms with E-state index in [1.54, 1.807) is 0 Å². The predicted molar refractivity (Wildman–Crippen MR) is 75.4 cm³/mol. The van der Waals surface area contributed by atoms with Crippen molar-refractivity contribution in [2.75, 3.05) is 0 Å². The Kier molecular flexibility index (Phi) is 3.48. The monoisotopic (exact) mass is 241 g/mol. The largest absolute Gasteiger partial charge is 0.197 e. The van der Waals surface area contributed by atoms with E-state index in [2.05, 4.69) is 58.0 Å². The fourth-order valence-corrected chi connectivity index (χ4v) is 2.89. The Labute approximate surface area is 111 Å². The minimum absolute atomic E-state index is 0.204. The van der Waals surface area contributed by atoms with Crippen molar-refractivity contribution in [3.63, 3.8) is 0 Å². The van der Waals surface area contributed by atoms with Crippen LogP contribution in [0.3, 0.4) is 0 Å². The molecular formula is C17H23N. The molecule has 1 aromatic rings. The summed E-state index contributed by atoms with van der Waals surface area (Å²) in [4.78, 5) is 0. The van der Waals surface area contributed by atoms with Gasteiger partial charge in [0.1, 0.15) is 0 Å². The standard InChI is InChI=1S/C17H23N/c1-12(2)14-5-7-16(8-6-14)17(11-18)9-15(10-17)13(3)4/h5-8,12-13,15H,9-10H2,1-4H3. The lowest BCUT2D eigenvalue weighted by Crippen LogP contribution is -2.42. The molecule has 0 amide bonds. The smallest absolute Gasteiger partial charge is 0.0827 e. The summed E-state index contributed by atoms with van der Waals surface area (Å²) in [7, 11) is 0. The lowest BCUT2D eigenvalue weighted by atomic mass is 9.56. The molecule has 1 heteroatoms. The van der Waals surface area contributed by atoms with Gasteiger partial charge < -0.3 is 0 Å². The molecule has 0 bridgehead atoms. The quantitative estimate of drug-likeness (QED) is 0.756. The van der Waals surface area contributed by atoms with Crippen molar-refractivity contribution >= 4 is 0 Å². The Morgan fingerprint density at radius 2 is 1.67 bits per heavy atom. The number of nitrogens with zero attached hydrogens (tertiary/aromatic N) is 1. The van der Waals surface area contributed by atoms with E-state index >= 15 is 0 Å². The van der Waals surface area contributed by atoms with Gasteiger partial charge in [0, 0.05) is 0 Å². The SMILES string of the molecule is CC(C)c1ccc(C2(C#N)CC(C(C)C)C2)cc1. The summed E-state index contributed by atoms with van der Waals surface area (Å²) in [5, 5.41) is 9.52. The normalized spacial score (nSPS) is 27.1. The van der Waals surface area contributed by atoms with Crippen LogP contribution in [0.5, 0.6) is 0 Å². The molecule has 0 aromatic heterocycles. The zero-order chi connectivity index (χ0) is 13.3. The molecular weight excluding hydrogens is 218 g/mol. The molecule has 1 saturated carbocycles. The molecule has 1 nitrogen and oxygen atoms in total. The molecule has 0 aliphatic heterocycles. The van der Waals surface area contributed by atoms with Gasteiger partial charge in [-0.05, 0) is 41.7 Å². The van der Waals surface area contributed by atoms with Gasteiger partial charge in [0.25, 0.3) is 0 Å². The Balaban J connectivity index is 2.18. The summed E-state index contributed by atoms with van der Waals surface area (Å²) in [5.41, 5.74) is 2.36. The summed E-state index contributed by atoms with van der Waals surface area (Å²) in [6.07, 6.45) is 2.06. The van der Waals surface area contributed by atoms with E-state index in [4.69, 9.17) is 0 Å². The van der Waals surface area contributed by atoms with Crippen molar-refractivity contribution < 1.29 is 0 Å². The fourth-order valence-electron chi connectivity index (χ4n) is 2.89. The van der Waals surface area contributed by atoms with E-state index in [0.29, 0.717) is 11.8 Å². The van der Waals surface area contributed by atoms with Gasteiger partial charge in [-0.2, -0.15) is 5.26 Å². The van der Waals surface area contributed by atoms with Crippen LogP contribution in [0.2, 0.25) is 0 Å². The van der Waals surface area contributed by atoms with Crippen LogP contribution >= 0.6 is 0 Å². The van der Waals surface area contributed by atoms with Crippen LogP contribution in [0.25, 0.3) is 0 Å². The molecule has 1 aliphatic rings. The first-order chi connectivity index (χ1) is 8.48. The molecule has 0 spiro atoms. The van der Waals surface area contributed by atoms with Gasteiger partial charge in [-0.25, -0.2) is 0 Å². The summed E-state index contributed by atoms with van der Waals surface area (Å²) in [5.74, 6) is 1.97. The van der Waals surface area contributed by atoms with E-state index in [-0.39, 0.29) is 5.41 Å². The van der Waals surface area contributed by atoms with Crippen LogP contribution in [0.1, 0.15) is 57.6 Å². The molecule has 0 atom stereocenters. The number of hydrogen-bond donors (Lipinski definition) is 0. The highest BCUT2D eigenvalue weighted by Crippen LogP contribution is 2.50. The van der Waals surface area contributed by atoms with Crippen molar-refractivity contribution in [1.29, 1.82) is 5.26 Å².